The Labute approximate surface area is 193 Å². The maximum absolute atomic E-state index is 11.8. The van der Waals surface area contributed by atoms with Gasteiger partial charge in [0.05, 0.1) is 11.4 Å². The first-order valence-electron chi connectivity index (χ1n) is 11.5. The number of carbonyl (C=O) groups is 2. The lowest BCUT2D eigenvalue weighted by Crippen LogP contribution is -2.10. The molecule has 0 unspecified atom stereocenters. The summed E-state index contributed by atoms with van der Waals surface area (Å²) >= 11 is 0. The van der Waals surface area contributed by atoms with Crippen LogP contribution in [0.25, 0.3) is 10.8 Å². The Bertz CT molecular complexity index is 1010. The highest BCUT2D eigenvalue weighted by atomic mass is 16.1. The number of hydrogen-bond acceptors (Lipinski definition) is 3. The van der Waals surface area contributed by atoms with Crippen molar-refractivity contribution in [2.45, 2.75) is 67.2 Å². The molecule has 3 rings (SSSR count). The average molecular weight is 432 g/mol. The molecule has 0 aromatic heterocycles. The second-order valence-electron chi connectivity index (χ2n) is 7.40. The first kappa shape index (κ1) is 27.0. The van der Waals surface area contributed by atoms with Gasteiger partial charge in [-0.25, -0.2) is 4.99 Å². The maximum atomic E-state index is 11.8. The van der Waals surface area contributed by atoms with Crippen LogP contribution in [-0.2, 0) is 22.4 Å². The molecule has 0 heterocycles. The van der Waals surface area contributed by atoms with Crippen LogP contribution in [0.5, 0.6) is 0 Å². The van der Waals surface area contributed by atoms with Crippen molar-refractivity contribution in [2.24, 2.45) is 4.99 Å². The maximum Gasteiger partial charge on any atom is 0.176 e. The molecule has 32 heavy (non-hydrogen) atoms. The van der Waals surface area contributed by atoms with E-state index in [2.05, 4.69) is 68.2 Å². The van der Waals surface area contributed by atoms with Crippen LogP contribution >= 0.6 is 0 Å². The van der Waals surface area contributed by atoms with E-state index in [4.69, 9.17) is 4.79 Å². The van der Waals surface area contributed by atoms with Crippen molar-refractivity contribution in [1.82, 2.24) is 0 Å². The van der Waals surface area contributed by atoms with Crippen LogP contribution in [-0.4, -0.2) is 17.8 Å². The summed E-state index contributed by atoms with van der Waals surface area (Å²) in [7, 11) is 0. The van der Waals surface area contributed by atoms with Gasteiger partial charge in [0, 0.05) is 11.8 Å². The van der Waals surface area contributed by atoms with Gasteiger partial charge in [0.25, 0.3) is 0 Å². The molecule has 0 radical (unpaired) electrons. The Kier molecular flexibility index (Phi) is 12.5. The quantitative estimate of drug-likeness (QED) is 0.297. The summed E-state index contributed by atoms with van der Waals surface area (Å²) in [6, 6.07) is 21.0. The molecule has 0 bridgehead atoms. The topological polar surface area (TPSA) is 46.5 Å². The number of aryl methyl sites for hydroxylation is 3. The van der Waals surface area contributed by atoms with Crippen LogP contribution in [0.3, 0.4) is 0 Å². The second-order valence-corrected chi connectivity index (χ2v) is 7.40. The van der Waals surface area contributed by atoms with E-state index in [0.29, 0.717) is 18.6 Å². The number of rotatable bonds is 6. The molecule has 0 amide bonds. The molecule has 3 aromatic carbocycles. The molecule has 0 saturated carbocycles. The van der Waals surface area contributed by atoms with Gasteiger partial charge >= 0.3 is 0 Å². The molecule has 0 N–H and O–H groups in total. The van der Waals surface area contributed by atoms with Gasteiger partial charge in [0.15, 0.2) is 5.78 Å². The molecule has 0 aliphatic carbocycles. The number of aliphatic imine (C=N–C) groups is 1. The number of fused-ring (bicyclic) bond motifs is 1. The highest BCUT2D eigenvalue weighted by Crippen LogP contribution is 2.29. The minimum Gasteiger partial charge on any atom is -0.304 e. The van der Waals surface area contributed by atoms with Crippen molar-refractivity contribution in [3.05, 3.63) is 77.4 Å². The largest absolute Gasteiger partial charge is 0.304 e. The number of hydrogen-bond donors (Lipinski definition) is 0. The first-order valence-corrected chi connectivity index (χ1v) is 11.5. The first-order chi connectivity index (χ1) is 15.4. The Morgan fingerprint density at radius 1 is 0.844 bits per heavy atom. The van der Waals surface area contributed by atoms with Gasteiger partial charge < -0.3 is 4.79 Å². The summed E-state index contributed by atoms with van der Waals surface area (Å²) in [5.74, 6) is 0.132. The van der Waals surface area contributed by atoms with Crippen LogP contribution in [0.4, 0.5) is 5.69 Å². The lowest BCUT2D eigenvalue weighted by molar-refractivity contribution is -0.112. The zero-order valence-corrected chi connectivity index (χ0v) is 20.4. The standard InChI is InChI=1S/C17H19NO.C10H14.C2H4O/c1-4-14(16(19)5-2)18-15-11-7-10-13-9-6-8-12(3)17(13)15;1-3-9-6-5-7-10(4-2)8-9;1-2-3/h6-11H,4-5H2,1-3H3;5-8H,3-4H2,1-2H3;2H,1H3. The van der Waals surface area contributed by atoms with E-state index in [1.165, 1.54) is 29.0 Å². The molecule has 3 heteroatoms. The average Bonchev–Trinajstić information content (AvgIpc) is 2.83. The summed E-state index contributed by atoms with van der Waals surface area (Å²) < 4.78 is 0. The molecule has 0 atom stereocenters. The number of nitrogens with zero attached hydrogens (tertiary/aromatic N) is 1. The van der Waals surface area contributed by atoms with Crippen LogP contribution in [0.15, 0.2) is 65.7 Å². The highest BCUT2D eigenvalue weighted by Gasteiger charge is 2.09. The Balaban J connectivity index is 0.000000330. The van der Waals surface area contributed by atoms with E-state index in [-0.39, 0.29) is 5.78 Å². The summed E-state index contributed by atoms with van der Waals surface area (Å²) in [4.78, 5) is 25.2. The minimum absolute atomic E-state index is 0.132. The molecule has 0 fully saturated rings. The zero-order chi connectivity index (χ0) is 23.9. The van der Waals surface area contributed by atoms with Crippen molar-refractivity contribution in [3.63, 3.8) is 0 Å². The third kappa shape index (κ3) is 8.22. The van der Waals surface area contributed by atoms with Gasteiger partial charge in [-0.15, -0.1) is 0 Å². The number of ketones is 1. The van der Waals surface area contributed by atoms with Gasteiger partial charge in [-0.3, -0.25) is 4.79 Å². The van der Waals surface area contributed by atoms with E-state index >= 15 is 0 Å². The van der Waals surface area contributed by atoms with E-state index in [9.17, 15) is 4.79 Å². The molecule has 0 aliphatic heterocycles. The fourth-order valence-corrected chi connectivity index (χ4v) is 3.36. The van der Waals surface area contributed by atoms with Gasteiger partial charge in [0.1, 0.15) is 6.29 Å². The lowest BCUT2D eigenvalue weighted by Gasteiger charge is -2.07. The highest BCUT2D eigenvalue weighted by molar-refractivity contribution is 6.40. The Hall–Kier alpha value is -3.07. The SMILES string of the molecule is CC=O.CCC(=O)C(CC)=Nc1cccc2cccc(C)c12.CCc1cccc(CC)c1. The number of aldehydes is 1. The van der Waals surface area contributed by atoms with Crippen LogP contribution in [0.1, 0.15) is 64.2 Å². The van der Waals surface area contributed by atoms with Gasteiger partial charge in [-0.2, -0.15) is 0 Å². The molecule has 0 spiro atoms. The van der Waals surface area contributed by atoms with Crippen LogP contribution in [0.2, 0.25) is 0 Å². The molecule has 3 nitrogen and oxygen atoms in total. The van der Waals surface area contributed by atoms with Crippen molar-refractivity contribution >= 4 is 34.2 Å². The number of carbonyl (C=O) groups excluding carboxylic acids is 2. The second kappa shape index (κ2) is 14.9. The number of Topliss-reactive ketones (excluding diaryl/α,β-unsaturated/α-hetero) is 1. The molecule has 170 valence electrons. The predicted octanol–water partition coefficient (Wildman–Crippen LogP) is 7.63. The van der Waals surface area contributed by atoms with Gasteiger partial charge in [0.2, 0.25) is 0 Å². The van der Waals surface area contributed by atoms with E-state index in [0.717, 1.165) is 30.2 Å². The predicted molar refractivity (Wildman–Crippen MR) is 138 cm³/mol. The zero-order valence-electron chi connectivity index (χ0n) is 20.4. The number of benzene rings is 3. The van der Waals surface area contributed by atoms with Crippen molar-refractivity contribution in [1.29, 1.82) is 0 Å². The molecule has 0 saturated heterocycles. The smallest absolute Gasteiger partial charge is 0.176 e. The van der Waals surface area contributed by atoms with Crippen molar-refractivity contribution < 1.29 is 9.59 Å². The minimum atomic E-state index is 0.132. The van der Waals surface area contributed by atoms with Crippen molar-refractivity contribution in [2.75, 3.05) is 0 Å². The molecule has 0 aliphatic rings. The molecular formula is C29H37NO2. The summed E-state index contributed by atoms with van der Waals surface area (Å²) in [6.07, 6.45) is 4.23. The lowest BCUT2D eigenvalue weighted by atomic mass is 10.0. The molecule has 3 aromatic rings. The van der Waals surface area contributed by atoms with Gasteiger partial charge in [-0.1, -0.05) is 82.3 Å². The fraction of sp³-hybridized carbons (Fsp3) is 0.345. The van der Waals surface area contributed by atoms with Gasteiger partial charge in [-0.05, 0) is 61.3 Å². The monoisotopic (exact) mass is 431 g/mol. The Morgan fingerprint density at radius 2 is 1.38 bits per heavy atom. The normalized spacial score (nSPS) is 10.5. The van der Waals surface area contributed by atoms with Crippen LogP contribution < -0.4 is 0 Å². The van der Waals surface area contributed by atoms with Crippen molar-refractivity contribution in [3.8, 4) is 0 Å². The summed E-state index contributed by atoms with van der Waals surface area (Å²) in [5, 5.41) is 2.31. The fourth-order valence-electron chi connectivity index (χ4n) is 3.36. The van der Waals surface area contributed by atoms with E-state index < -0.39 is 0 Å². The summed E-state index contributed by atoms with van der Waals surface area (Å²) in [5.41, 5.74) is 5.64. The van der Waals surface area contributed by atoms with E-state index in [1.807, 2.05) is 32.0 Å². The van der Waals surface area contributed by atoms with Crippen LogP contribution in [0, 0.1) is 6.92 Å². The molecular weight excluding hydrogens is 394 g/mol. The third-order valence-corrected chi connectivity index (χ3v) is 5.13. The van der Waals surface area contributed by atoms with E-state index in [1.54, 1.807) is 0 Å². The Morgan fingerprint density at radius 3 is 1.88 bits per heavy atom. The summed E-state index contributed by atoms with van der Waals surface area (Å²) in [6.45, 7) is 11.8. The third-order valence-electron chi connectivity index (χ3n) is 5.13.